The molecule has 43 heavy (non-hydrogen) atoms. The number of amides is 2. The van der Waals surface area contributed by atoms with Gasteiger partial charge in [-0.25, -0.2) is 17.2 Å². The van der Waals surface area contributed by atoms with Crippen LogP contribution in [0.15, 0.2) is 30.3 Å². The van der Waals surface area contributed by atoms with Crippen LogP contribution in [0.5, 0.6) is 0 Å². The van der Waals surface area contributed by atoms with Gasteiger partial charge >= 0.3 is 6.18 Å². The Kier molecular flexibility index (Phi) is 11.4. The van der Waals surface area contributed by atoms with Gasteiger partial charge in [0, 0.05) is 55.6 Å². The molecule has 0 aromatic heterocycles. The second-order valence-electron chi connectivity index (χ2n) is 10.5. The topological polar surface area (TPSA) is 125 Å². The number of hydrogen-bond donors (Lipinski definition) is 3. The highest BCUT2D eigenvalue weighted by molar-refractivity contribution is 7.90. The molecule has 1 saturated heterocycles. The Morgan fingerprint density at radius 1 is 1.14 bits per heavy atom. The van der Waals surface area contributed by atoms with E-state index in [9.17, 15) is 40.0 Å². The van der Waals surface area contributed by atoms with E-state index in [4.69, 9.17) is 17.3 Å². The fourth-order valence-electron chi connectivity index (χ4n) is 4.60. The molecule has 4 N–H and O–H groups in total. The number of carbonyl (C=O) groups excluding carboxylic acids is 2. The first-order valence-corrected chi connectivity index (χ1v) is 15.7. The van der Waals surface area contributed by atoms with Gasteiger partial charge in [0.05, 0.1) is 35.2 Å². The van der Waals surface area contributed by atoms with Gasteiger partial charge in [0.25, 0.3) is 5.91 Å². The molecule has 0 radical (unpaired) electrons. The Balaban J connectivity index is 1.69. The molecule has 1 aliphatic heterocycles. The highest BCUT2D eigenvalue weighted by Gasteiger charge is 2.31. The molecule has 2 amide bonds. The van der Waals surface area contributed by atoms with E-state index >= 15 is 0 Å². The molecule has 3 rings (SSSR count). The maximum atomic E-state index is 15.0. The van der Waals surface area contributed by atoms with Crippen molar-refractivity contribution in [3.8, 4) is 0 Å². The van der Waals surface area contributed by atoms with Crippen LogP contribution in [0.25, 0.3) is 0 Å². The third-order valence-corrected chi connectivity index (χ3v) is 8.15. The minimum Gasteiger partial charge on any atom is -0.365 e. The summed E-state index contributed by atoms with van der Waals surface area (Å²) in [5, 5.41) is 5.22. The predicted molar refractivity (Wildman–Crippen MR) is 154 cm³/mol. The number of nitrogens with one attached hydrogen (secondary N) is 2. The zero-order valence-corrected chi connectivity index (χ0v) is 25.1. The summed E-state index contributed by atoms with van der Waals surface area (Å²) in [4.78, 5) is 28.7. The molecule has 9 nitrogen and oxygen atoms in total. The Hall–Kier alpha value is -3.01. The van der Waals surface area contributed by atoms with Gasteiger partial charge in [-0.15, -0.1) is 0 Å². The maximum Gasteiger partial charge on any atom is 0.390 e. The van der Waals surface area contributed by atoms with E-state index in [0.29, 0.717) is 30.3 Å². The number of rotatable bonds is 11. The summed E-state index contributed by atoms with van der Waals surface area (Å²) in [6, 6.07) is 5.31. The Morgan fingerprint density at radius 3 is 2.47 bits per heavy atom. The van der Waals surface area contributed by atoms with Gasteiger partial charge in [-0.3, -0.25) is 14.5 Å². The number of sulfone groups is 1. The van der Waals surface area contributed by atoms with E-state index in [1.54, 1.807) is 11.0 Å². The molecule has 2 aromatic carbocycles. The maximum absolute atomic E-state index is 15.0. The number of carbonyl (C=O) groups is 2. The lowest BCUT2D eigenvalue weighted by molar-refractivity contribution is -0.138. The average molecular weight is 654 g/mol. The normalized spacial score (nSPS) is 17.0. The first-order valence-electron chi connectivity index (χ1n) is 13.3. The smallest absolute Gasteiger partial charge is 0.365 e. The van der Waals surface area contributed by atoms with E-state index in [2.05, 4.69) is 10.6 Å². The van der Waals surface area contributed by atoms with Crippen molar-refractivity contribution in [3.05, 3.63) is 58.1 Å². The standard InChI is InChI=1S/C27H33ClF5N5O4S/c1-16-15-37(9-8-27(31,32)33)10-11-38(16)22-13-18(28)4-6-21(22)36-25(39)19-5-3-17(23(29)24(19)30)14-35-26(40)20(34)7-12-43(2,41)42/h3-6,13,16,20H,7-12,14-15,34H2,1-2H3,(H,35,40)(H,36,39)/t16-,20?/m1/s1. The minimum absolute atomic E-state index is 0.138. The molecule has 1 heterocycles. The molecule has 0 bridgehead atoms. The summed E-state index contributed by atoms with van der Waals surface area (Å²) in [5.41, 5.74) is 5.50. The third-order valence-electron chi connectivity index (χ3n) is 6.94. The number of piperazine rings is 1. The molecule has 0 aliphatic carbocycles. The molecule has 1 unspecified atom stereocenters. The number of alkyl halides is 3. The van der Waals surface area contributed by atoms with Crippen LogP contribution >= 0.6 is 11.6 Å². The van der Waals surface area contributed by atoms with Crippen LogP contribution in [0.2, 0.25) is 5.02 Å². The lowest BCUT2D eigenvalue weighted by Gasteiger charge is -2.42. The highest BCUT2D eigenvalue weighted by atomic mass is 35.5. The number of hydrogen-bond acceptors (Lipinski definition) is 7. The van der Waals surface area contributed by atoms with Crippen molar-refractivity contribution in [2.45, 2.75) is 44.6 Å². The SMILES string of the molecule is C[C@@H]1CN(CCC(F)(F)F)CCN1c1cc(Cl)ccc1NC(=O)c1ccc(CNC(=O)C(N)CCS(C)(=O)=O)c(F)c1F. The van der Waals surface area contributed by atoms with Crippen LogP contribution in [-0.2, 0) is 21.2 Å². The first-order chi connectivity index (χ1) is 19.9. The number of benzene rings is 2. The minimum atomic E-state index is -4.26. The molecule has 238 valence electrons. The van der Waals surface area contributed by atoms with E-state index in [0.717, 1.165) is 18.4 Å². The number of nitrogens with two attached hydrogens (primary N) is 1. The van der Waals surface area contributed by atoms with Crippen molar-refractivity contribution < 1.29 is 40.0 Å². The number of halogens is 6. The Bertz CT molecular complexity index is 1440. The molecular formula is C27H33ClF5N5O4S. The monoisotopic (exact) mass is 653 g/mol. The van der Waals surface area contributed by atoms with E-state index in [1.165, 1.54) is 12.1 Å². The fourth-order valence-corrected chi connectivity index (χ4v) is 5.45. The molecule has 1 fully saturated rings. The summed E-state index contributed by atoms with van der Waals surface area (Å²) in [7, 11) is -3.34. The Labute approximate surface area is 251 Å². The van der Waals surface area contributed by atoms with Crippen LogP contribution in [0.3, 0.4) is 0 Å². The lowest BCUT2D eigenvalue weighted by atomic mass is 10.1. The Morgan fingerprint density at radius 2 is 1.84 bits per heavy atom. The third kappa shape index (κ3) is 10.0. The van der Waals surface area contributed by atoms with Crippen molar-refractivity contribution in [1.29, 1.82) is 0 Å². The summed E-state index contributed by atoms with van der Waals surface area (Å²) >= 11 is 6.19. The molecule has 16 heteroatoms. The van der Waals surface area contributed by atoms with Gasteiger partial charge < -0.3 is 21.3 Å². The van der Waals surface area contributed by atoms with Gasteiger partial charge in [0.2, 0.25) is 5.91 Å². The van der Waals surface area contributed by atoms with Gasteiger partial charge in [-0.1, -0.05) is 17.7 Å². The molecular weight excluding hydrogens is 621 g/mol. The second-order valence-corrected chi connectivity index (χ2v) is 13.2. The fraction of sp³-hybridized carbons (Fsp3) is 0.481. The largest absolute Gasteiger partial charge is 0.390 e. The molecule has 1 aliphatic rings. The first kappa shape index (κ1) is 34.5. The van der Waals surface area contributed by atoms with E-state index in [1.807, 2.05) is 11.8 Å². The van der Waals surface area contributed by atoms with Crippen molar-refractivity contribution in [2.24, 2.45) is 5.73 Å². The molecule has 0 saturated carbocycles. The van der Waals surface area contributed by atoms with Crippen molar-refractivity contribution in [2.75, 3.05) is 48.4 Å². The van der Waals surface area contributed by atoms with E-state index < -0.39 is 64.0 Å². The lowest BCUT2D eigenvalue weighted by Crippen LogP contribution is -2.52. The van der Waals surface area contributed by atoms with Crippen molar-refractivity contribution >= 4 is 44.6 Å². The molecule has 0 spiro atoms. The highest BCUT2D eigenvalue weighted by Crippen LogP contribution is 2.33. The zero-order chi connectivity index (χ0) is 32.1. The number of anilines is 2. The summed E-state index contributed by atoms with van der Waals surface area (Å²) in [5.74, 6) is -4.85. The summed E-state index contributed by atoms with van der Waals surface area (Å²) < 4.78 is 90.3. The van der Waals surface area contributed by atoms with Gasteiger partial charge in [-0.2, -0.15) is 13.2 Å². The van der Waals surface area contributed by atoms with Crippen LogP contribution in [-0.4, -0.2) is 81.6 Å². The van der Waals surface area contributed by atoms with Gasteiger partial charge in [0.1, 0.15) is 9.84 Å². The average Bonchev–Trinajstić information content (AvgIpc) is 2.91. The summed E-state index contributed by atoms with van der Waals surface area (Å²) in [6.07, 6.45) is -4.35. The number of nitrogens with zero attached hydrogens (tertiary/aromatic N) is 2. The van der Waals surface area contributed by atoms with Gasteiger partial charge in [0.15, 0.2) is 11.6 Å². The van der Waals surface area contributed by atoms with Crippen LogP contribution in [0, 0.1) is 11.6 Å². The van der Waals surface area contributed by atoms with Crippen LogP contribution in [0.4, 0.5) is 33.3 Å². The van der Waals surface area contributed by atoms with Crippen molar-refractivity contribution in [1.82, 2.24) is 10.2 Å². The van der Waals surface area contributed by atoms with Crippen molar-refractivity contribution in [3.63, 3.8) is 0 Å². The van der Waals surface area contributed by atoms with Crippen LogP contribution in [0.1, 0.15) is 35.7 Å². The molecule has 2 atom stereocenters. The predicted octanol–water partition coefficient (Wildman–Crippen LogP) is 3.71. The quantitative estimate of drug-likeness (QED) is 0.316. The molecule has 2 aromatic rings. The zero-order valence-electron chi connectivity index (χ0n) is 23.5. The summed E-state index contributed by atoms with van der Waals surface area (Å²) in [6.45, 7) is 2.23. The van der Waals surface area contributed by atoms with Gasteiger partial charge in [-0.05, 0) is 37.6 Å². The van der Waals surface area contributed by atoms with Crippen LogP contribution < -0.4 is 21.3 Å². The van der Waals surface area contributed by atoms with E-state index in [-0.39, 0.29) is 36.0 Å². The second kappa shape index (κ2) is 14.2.